The van der Waals surface area contributed by atoms with Crippen molar-refractivity contribution in [1.82, 2.24) is 20.3 Å². The third-order valence-electron chi connectivity index (χ3n) is 3.82. The second-order valence-corrected chi connectivity index (χ2v) is 8.82. The highest BCUT2D eigenvalue weighted by Crippen LogP contribution is 2.29. The summed E-state index contributed by atoms with van der Waals surface area (Å²) in [6, 6.07) is 5.19. The van der Waals surface area contributed by atoms with Crippen molar-refractivity contribution >= 4 is 27.3 Å². The molecule has 0 saturated carbocycles. The van der Waals surface area contributed by atoms with Gasteiger partial charge in [0, 0.05) is 25.5 Å². The van der Waals surface area contributed by atoms with Gasteiger partial charge in [-0.1, -0.05) is 12.1 Å². The van der Waals surface area contributed by atoms with Crippen LogP contribution in [0.4, 0.5) is 13.2 Å². The Hall–Kier alpha value is -2.18. The van der Waals surface area contributed by atoms with Gasteiger partial charge in [0.05, 0.1) is 11.4 Å². The Morgan fingerprint density at radius 1 is 1.21 bits per heavy atom. The van der Waals surface area contributed by atoms with Crippen molar-refractivity contribution in [3.8, 4) is 0 Å². The first kappa shape index (κ1) is 23.1. The third kappa shape index (κ3) is 6.68. The van der Waals surface area contributed by atoms with Crippen LogP contribution in [0.2, 0.25) is 0 Å². The number of hydrogen-bond acceptors (Lipinski definition) is 5. The first-order chi connectivity index (χ1) is 13.5. The minimum absolute atomic E-state index is 0.0641. The Bertz CT molecular complexity index is 972. The first-order valence-corrected chi connectivity index (χ1v) is 10.9. The van der Waals surface area contributed by atoms with Crippen LogP contribution in [0.3, 0.4) is 0 Å². The van der Waals surface area contributed by atoms with E-state index in [2.05, 4.69) is 25.3 Å². The number of aromatic nitrogens is 1. The largest absolute Gasteiger partial charge is 0.434 e. The fourth-order valence-electron chi connectivity index (χ4n) is 2.34. The van der Waals surface area contributed by atoms with Gasteiger partial charge in [-0.2, -0.15) is 13.2 Å². The highest BCUT2D eigenvalue weighted by molar-refractivity contribution is 7.89. The molecule has 29 heavy (non-hydrogen) atoms. The maximum atomic E-state index is 12.6. The Balaban J connectivity index is 1.82. The molecule has 0 aliphatic heterocycles. The first-order valence-electron chi connectivity index (χ1n) is 8.56. The van der Waals surface area contributed by atoms with Crippen LogP contribution in [0.5, 0.6) is 0 Å². The number of guanidine groups is 1. The summed E-state index contributed by atoms with van der Waals surface area (Å²) in [6.07, 6.45) is -4.47. The molecule has 0 aliphatic carbocycles. The molecule has 2 rings (SSSR count). The molecular weight excluding hydrogens is 427 g/mol. The number of rotatable bonds is 7. The molecule has 160 valence electrons. The van der Waals surface area contributed by atoms with Crippen molar-refractivity contribution < 1.29 is 21.6 Å². The van der Waals surface area contributed by atoms with Crippen molar-refractivity contribution in [1.29, 1.82) is 0 Å². The summed E-state index contributed by atoms with van der Waals surface area (Å²) in [6.45, 7) is 3.94. The highest BCUT2D eigenvalue weighted by Gasteiger charge is 2.33. The van der Waals surface area contributed by atoms with E-state index in [0.717, 1.165) is 22.3 Å². The van der Waals surface area contributed by atoms with Gasteiger partial charge in [-0.15, -0.1) is 11.3 Å². The van der Waals surface area contributed by atoms with E-state index < -0.39 is 21.9 Å². The minimum atomic E-state index is -4.47. The summed E-state index contributed by atoms with van der Waals surface area (Å²) in [5, 5.41) is 6.95. The number of alkyl halides is 3. The number of benzene rings is 1. The zero-order chi connectivity index (χ0) is 21.7. The van der Waals surface area contributed by atoms with Crippen molar-refractivity contribution in [2.75, 3.05) is 20.1 Å². The lowest BCUT2D eigenvalue weighted by atomic mass is 10.2. The molecule has 7 nitrogen and oxygen atoms in total. The van der Waals surface area contributed by atoms with Crippen molar-refractivity contribution in [3.05, 3.63) is 45.4 Å². The fourth-order valence-corrected chi connectivity index (χ4v) is 4.44. The molecule has 0 bridgehead atoms. The highest BCUT2D eigenvalue weighted by atomic mass is 32.2. The Morgan fingerprint density at radius 3 is 2.55 bits per heavy atom. The Morgan fingerprint density at radius 2 is 1.93 bits per heavy atom. The van der Waals surface area contributed by atoms with Crippen molar-refractivity contribution in [2.24, 2.45) is 4.99 Å². The van der Waals surface area contributed by atoms with E-state index in [9.17, 15) is 21.6 Å². The topological polar surface area (TPSA) is 95.5 Å². The lowest BCUT2D eigenvalue weighted by molar-refractivity contribution is -0.140. The number of thiazole rings is 1. The normalized spacial score (nSPS) is 12.8. The number of sulfonamides is 1. The van der Waals surface area contributed by atoms with E-state index in [1.165, 1.54) is 7.05 Å². The summed E-state index contributed by atoms with van der Waals surface area (Å²) >= 11 is 0.893. The van der Waals surface area contributed by atoms with E-state index in [1.54, 1.807) is 19.1 Å². The molecule has 0 radical (unpaired) electrons. The van der Waals surface area contributed by atoms with Gasteiger partial charge in [0.2, 0.25) is 10.0 Å². The molecule has 1 heterocycles. The smallest absolute Gasteiger partial charge is 0.355 e. The molecule has 1 aromatic carbocycles. The molecule has 3 N–H and O–H groups in total. The molecule has 1 aromatic heterocycles. The number of nitrogens with one attached hydrogen (secondary N) is 3. The van der Waals surface area contributed by atoms with Crippen LogP contribution in [-0.4, -0.2) is 39.5 Å². The maximum Gasteiger partial charge on any atom is 0.434 e. The third-order valence-corrected chi connectivity index (χ3v) is 6.27. The van der Waals surface area contributed by atoms with Crippen molar-refractivity contribution in [3.63, 3.8) is 0 Å². The predicted molar refractivity (Wildman–Crippen MR) is 106 cm³/mol. The number of halogens is 3. The monoisotopic (exact) mass is 449 g/mol. The molecule has 0 spiro atoms. The number of aliphatic imine (C=N–C) groups is 1. The predicted octanol–water partition coefficient (Wildman–Crippen LogP) is 2.42. The Kier molecular flexibility index (Phi) is 7.60. The fraction of sp³-hybridized carbons (Fsp3) is 0.412. The summed E-state index contributed by atoms with van der Waals surface area (Å²) in [7, 11) is -2.15. The summed E-state index contributed by atoms with van der Waals surface area (Å²) in [4.78, 5) is 7.70. The minimum Gasteiger partial charge on any atom is -0.355 e. The number of aryl methyl sites for hydroxylation is 2. The molecule has 2 aromatic rings. The molecule has 0 fully saturated rings. The van der Waals surface area contributed by atoms with Crippen LogP contribution in [0, 0.1) is 13.8 Å². The number of nitrogens with zero attached hydrogens (tertiary/aromatic N) is 2. The summed E-state index contributed by atoms with van der Waals surface area (Å²) < 4.78 is 65.1. The van der Waals surface area contributed by atoms with Gasteiger partial charge in [-0.05, 0) is 31.0 Å². The van der Waals surface area contributed by atoms with Crippen LogP contribution < -0.4 is 15.4 Å². The molecule has 0 aliphatic rings. The molecule has 0 unspecified atom stereocenters. The van der Waals surface area contributed by atoms with Gasteiger partial charge in [-0.3, -0.25) is 4.99 Å². The Labute approximate surface area is 171 Å². The van der Waals surface area contributed by atoms with Gasteiger partial charge >= 0.3 is 6.18 Å². The summed E-state index contributed by atoms with van der Waals surface area (Å²) in [5.74, 6) is 0.319. The second-order valence-electron chi connectivity index (χ2n) is 6.14. The zero-order valence-electron chi connectivity index (χ0n) is 16.1. The lowest BCUT2D eigenvalue weighted by Crippen LogP contribution is -2.41. The second kappa shape index (κ2) is 9.55. The summed E-state index contributed by atoms with van der Waals surface area (Å²) in [5.41, 5.74) is 0.563. The molecular formula is C17H22F3N5O2S2. The molecule has 0 atom stereocenters. The van der Waals surface area contributed by atoms with Crippen LogP contribution in [0.1, 0.15) is 21.8 Å². The number of hydrogen-bond donors (Lipinski definition) is 3. The van der Waals surface area contributed by atoms with Gasteiger partial charge in [0.25, 0.3) is 0 Å². The average molecular weight is 450 g/mol. The average Bonchev–Trinajstić information content (AvgIpc) is 3.12. The molecule has 0 saturated heterocycles. The quantitative estimate of drug-likeness (QED) is 0.343. The standard InChI is InChI=1S/C17H22F3N5O2S2/c1-11-4-5-12(2)13(8-11)29(26,27)24-7-6-22-16(21-3)23-9-15-25-14(10-28-15)17(18,19)20/h4-5,8,10,24H,6-7,9H2,1-3H3,(H2,21,22,23). The van der Waals surface area contributed by atoms with Gasteiger partial charge in [-0.25, -0.2) is 18.1 Å². The van der Waals surface area contributed by atoms with Crippen LogP contribution in [0.15, 0.2) is 33.5 Å². The van der Waals surface area contributed by atoms with Crippen LogP contribution in [-0.2, 0) is 22.7 Å². The maximum absolute atomic E-state index is 12.6. The van der Waals surface area contributed by atoms with E-state index in [-0.39, 0.29) is 29.5 Å². The van der Waals surface area contributed by atoms with E-state index in [4.69, 9.17) is 0 Å². The van der Waals surface area contributed by atoms with E-state index in [0.29, 0.717) is 11.5 Å². The van der Waals surface area contributed by atoms with Gasteiger partial charge in [0.15, 0.2) is 11.7 Å². The molecule has 0 amide bonds. The molecule has 12 heteroatoms. The van der Waals surface area contributed by atoms with E-state index in [1.807, 2.05) is 13.0 Å². The lowest BCUT2D eigenvalue weighted by Gasteiger charge is -2.13. The SMILES string of the molecule is CN=C(NCCNS(=O)(=O)c1cc(C)ccc1C)NCc1nc(C(F)(F)F)cs1. The van der Waals surface area contributed by atoms with Gasteiger partial charge < -0.3 is 10.6 Å². The van der Waals surface area contributed by atoms with Gasteiger partial charge in [0.1, 0.15) is 5.01 Å². The van der Waals surface area contributed by atoms with Crippen molar-refractivity contribution in [2.45, 2.75) is 31.5 Å². The van der Waals surface area contributed by atoms with Crippen LogP contribution in [0.25, 0.3) is 0 Å². The zero-order valence-corrected chi connectivity index (χ0v) is 17.7. The van der Waals surface area contributed by atoms with Crippen LogP contribution >= 0.6 is 11.3 Å². The van der Waals surface area contributed by atoms with E-state index >= 15 is 0 Å².